The number of anilines is 1. The minimum atomic E-state index is -5.06. The molecule has 1 atom stereocenters. The summed E-state index contributed by atoms with van der Waals surface area (Å²) in [6, 6.07) is 12.0. The fourth-order valence-electron chi connectivity index (χ4n) is 4.38. The van der Waals surface area contributed by atoms with Crippen LogP contribution in [-0.2, 0) is 14.8 Å². The molecule has 210 valence electrons. The number of carbonyl (C=O) groups excluding carboxylic acids is 1. The van der Waals surface area contributed by atoms with Crippen LogP contribution in [0.3, 0.4) is 0 Å². The molecular formula is C27H31F2N3O5S2. The molecule has 12 heteroatoms. The monoisotopic (exact) mass is 579 g/mol. The van der Waals surface area contributed by atoms with Gasteiger partial charge in [0.15, 0.2) is 10.7 Å². The van der Waals surface area contributed by atoms with Crippen molar-refractivity contribution in [1.82, 2.24) is 9.88 Å². The quantitative estimate of drug-likeness (QED) is 0.331. The van der Waals surface area contributed by atoms with Crippen LogP contribution in [0.2, 0.25) is 0 Å². The fraction of sp³-hybridized carbons (Fsp3) is 0.407. The van der Waals surface area contributed by atoms with Gasteiger partial charge in [-0.25, -0.2) is 27.0 Å². The molecule has 1 saturated heterocycles. The molecule has 3 aromatic rings. The largest absolute Gasteiger partial charge is 0.490 e. The number of halogens is 2. The van der Waals surface area contributed by atoms with Gasteiger partial charge >= 0.3 is 6.09 Å². The SMILES string of the molecule is C[C@H](c1ccccc1)N1CCC(Oc2cc(F)c(S(=O)(=O)N(C(=O)OC(C)(C)C)c3cscn3)c(F)c2)CC1. The van der Waals surface area contributed by atoms with Crippen LogP contribution in [0.25, 0.3) is 0 Å². The number of carbonyl (C=O) groups is 1. The molecule has 0 saturated carbocycles. The van der Waals surface area contributed by atoms with Crippen LogP contribution < -0.4 is 9.04 Å². The Hall–Kier alpha value is -3.09. The maximum atomic E-state index is 15.2. The molecule has 1 aliphatic rings. The molecule has 0 bridgehead atoms. The number of hydrogen-bond donors (Lipinski definition) is 0. The highest BCUT2D eigenvalue weighted by Gasteiger charge is 2.40. The van der Waals surface area contributed by atoms with Gasteiger partial charge in [0.2, 0.25) is 0 Å². The summed E-state index contributed by atoms with van der Waals surface area (Å²) in [5.74, 6) is -3.23. The topological polar surface area (TPSA) is 89.0 Å². The van der Waals surface area contributed by atoms with Crippen molar-refractivity contribution in [1.29, 1.82) is 0 Å². The van der Waals surface area contributed by atoms with Gasteiger partial charge in [-0.05, 0) is 46.1 Å². The van der Waals surface area contributed by atoms with Gasteiger partial charge in [-0.15, -0.1) is 15.6 Å². The molecule has 1 amide bonds. The summed E-state index contributed by atoms with van der Waals surface area (Å²) in [5.41, 5.74) is 1.43. The lowest BCUT2D eigenvalue weighted by Crippen LogP contribution is -2.42. The molecule has 4 rings (SSSR count). The number of amides is 1. The number of piperidine rings is 1. The highest BCUT2D eigenvalue weighted by atomic mass is 32.2. The summed E-state index contributed by atoms with van der Waals surface area (Å²) in [6.07, 6.45) is -0.351. The van der Waals surface area contributed by atoms with Crippen LogP contribution in [0.5, 0.6) is 5.75 Å². The normalized spacial score (nSPS) is 16.1. The molecule has 8 nitrogen and oxygen atoms in total. The Morgan fingerprint density at radius 3 is 2.28 bits per heavy atom. The first-order valence-corrected chi connectivity index (χ1v) is 14.9. The van der Waals surface area contributed by atoms with Gasteiger partial charge in [-0.1, -0.05) is 30.3 Å². The van der Waals surface area contributed by atoms with Crippen molar-refractivity contribution < 1.29 is 31.5 Å². The van der Waals surface area contributed by atoms with Crippen molar-refractivity contribution in [2.24, 2.45) is 0 Å². The maximum absolute atomic E-state index is 15.2. The molecule has 0 spiro atoms. The van der Waals surface area contributed by atoms with E-state index in [1.54, 1.807) is 0 Å². The molecule has 39 heavy (non-hydrogen) atoms. The molecule has 2 aromatic carbocycles. The molecular weight excluding hydrogens is 548 g/mol. The minimum absolute atomic E-state index is 0.129. The lowest BCUT2D eigenvalue weighted by molar-refractivity contribution is 0.0608. The summed E-state index contributed by atoms with van der Waals surface area (Å²) >= 11 is 1.01. The Bertz CT molecular complexity index is 1370. The number of nitrogens with zero attached hydrogens (tertiary/aromatic N) is 3. The van der Waals surface area contributed by atoms with Gasteiger partial charge in [0.1, 0.15) is 29.1 Å². The number of aromatic nitrogens is 1. The van der Waals surface area contributed by atoms with Crippen molar-refractivity contribution in [3.05, 3.63) is 70.6 Å². The number of likely N-dealkylation sites (tertiary alicyclic amines) is 1. The average Bonchev–Trinajstić information content (AvgIpc) is 3.36. The molecule has 1 aromatic heterocycles. The highest BCUT2D eigenvalue weighted by Crippen LogP contribution is 2.33. The van der Waals surface area contributed by atoms with Crippen molar-refractivity contribution in [2.75, 3.05) is 17.4 Å². The Morgan fingerprint density at radius 2 is 1.74 bits per heavy atom. The lowest BCUT2D eigenvalue weighted by atomic mass is 10.0. The van der Waals surface area contributed by atoms with Gasteiger partial charge in [-0.3, -0.25) is 4.90 Å². The summed E-state index contributed by atoms with van der Waals surface area (Å²) in [4.78, 5) is 17.7. The van der Waals surface area contributed by atoms with Crippen LogP contribution >= 0.6 is 11.3 Å². The number of thiazole rings is 1. The predicted molar refractivity (Wildman–Crippen MR) is 144 cm³/mol. The Kier molecular flexibility index (Phi) is 8.57. The molecule has 0 aliphatic carbocycles. The Labute approximate surface area is 231 Å². The third kappa shape index (κ3) is 6.74. The first-order valence-electron chi connectivity index (χ1n) is 12.5. The molecule has 0 unspecified atom stereocenters. The lowest BCUT2D eigenvalue weighted by Gasteiger charge is -2.36. The zero-order chi connectivity index (χ0) is 28.4. The standard InChI is InChI=1S/C27H31F2N3O5S2/c1-18(19-8-6-5-7-9-19)31-12-10-20(11-13-31)36-21-14-22(28)25(23(29)15-21)39(34,35)32(24-16-38-17-30-24)26(33)37-27(2,3)4/h5-9,14-18,20H,10-13H2,1-4H3/t18-/m1/s1. The molecule has 0 N–H and O–H groups in total. The van der Waals surface area contributed by atoms with Crippen LogP contribution in [-0.4, -0.2) is 49.2 Å². The van der Waals surface area contributed by atoms with Gasteiger partial charge in [-0.2, -0.15) is 0 Å². The van der Waals surface area contributed by atoms with Crippen LogP contribution in [0.4, 0.5) is 19.4 Å². The van der Waals surface area contributed by atoms with Crippen molar-refractivity contribution in [2.45, 2.75) is 63.2 Å². The van der Waals surface area contributed by atoms with E-state index in [1.807, 2.05) is 18.2 Å². The van der Waals surface area contributed by atoms with E-state index in [4.69, 9.17) is 9.47 Å². The van der Waals surface area contributed by atoms with E-state index in [-0.39, 0.29) is 28.0 Å². The highest BCUT2D eigenvalue weighted by molar-refractivity contribution is 7.93. The number of rotatable bonds is 7. The zero-order valence-corrected chi connectivity index (χ0v) is 23.8. The van der Waals surface area contributed by atoms with E-state index in [0.717, 1.165) is 36.6 Å². The van der Waals surface area contributed by atoms with Gasteiger partial charge in [0, 0.05) is 36.6 Å². The van der Waals surface area contributed by atoms with E-state index in [9.17, 15) is 13.2 Å². The smallest absolute Gasteiger partial charge is 0.430 e. The molecule has 1 aliphatic heterocycles. The summed E-state index contributed by atoms with van der Waals surface area (Å²) in [5, 5.41) is 1.26. The second-order valence-corrected chi connectivity index (χ2v) is 12.7. The Balaban J connectivity index is 1.51. The fourth-order valence-corrected chi connectivity index (χ4v) is 6.34. The van der Waals surface area contributed by atoms with E-state index >= 15 is 8.78 Å². The third-order valence-corrected chi connectivity index (χ3v) is 8.56. The van der Waals surface area contributed by atoms with E-state index in [2.05, 4.69) is 28.9 Å². The first-order chi connectivity index (χ1) is 18.4. The second kappa shape index (κ2) is 11.6. The summed E-state index contributed by atoms with van der Waals surface area (Å²) < 4.78 is 68.4. The number of benzene rings is 2. The van der Waals surface area contributed by atoms with Crippen LogP contribution in [0.1, 0.15) is 52.1 Å². The first kappa shape index (κ1) is 28.9. The van der Waals surface area contributed by atoms with E-state index in [1.165, 1.54) is 37.2 Å². The Morgan fingerprint density at radius 1 is 1.13 bits per heavy atom. The van der Waals surface area contributed by atoms with Gasteiger partial charge in [0.05, 0.1) is 5.51 Å². The summed E-state index contributed by atoms with van der Waals surface area (Å²) in [6.45, 7) is 8.21. The molecule has 0 radical (unpaired) electrons. The number of sulfonamides is 1. The number of hydrogen-bond acceptors (Lipinski definition) is 8. The zero-order valence-electron chi connectivity index (χ0n) is 22.1. The van der Waals surface area contributed by atoms with Crippen LogP contribution in [0.15, 0.2) is 58.3 Å². The van der Waals surface area contributed by atoms with Gasteiger partial charge < -0.3 is 9.47 Å². The van der Waals surface area contributed by atoms with Crippen LogP contribution in [0, 0.1) is 11.6 Å². The van der Waals surface area contributed by atoms with Gasteiger partial charge in [0.25, 0.3) is 10.0 Å². The number of ether oxygens (including phenoxy) is 2. The van der Waals surface area contributed by atoms with Crippen molar-refractivity contribution in [3.63, 3.8) is 0 Å². The van der Waals surface area contributed by atoms with E-state index in [0.29, 0.717) is 12.8 Å². The minimum Gasteiger partial charge on any atom is -0.490 e. The average molecular weight is 580 g/mol. The van der Waals surface area contributed by atoms with Crippen molar-refractivity contribution >= 4 is 33.3 Å². The molecule has 2 heterocycles. The van der Waals surface area contributed by atoms with E-state index < -0.39 is 38.2 Å². The third-order valence-electron chi connectivity index (χ3n) is 6.27. The van der Waals surface area contributed by atoms with Crippen molar-refractivity contribution in [3.8, 4) is 5.75 Å². The second-order valence-electron chi connectivity index (χ2n) is 10.3. The summed E-state index contributed by atoms with van der Waals surface area (Å²) in [7, 11) is -5.06. The predicted octanol–water partition coefficient (Wildman–Crippen LogP) is 6.16. The molecule has 1 fully saturated rings. The maximum Gasteiger partial charge on any atom is 0.430 e.